The first kappa shape index (κ1) is 10.8. The van der Waals surface area contributed by atoms with Crippen molar-refractivity contribution < 1.29 is 0 Å². The van der Waals surface area contributed by atoms with E-state index in [0.29, 0.717) is 6.04 Å². The number of nitrogens with one attached hydrogen (secondary N) is 1. The van der Waals surface area contributed by atoms with Crippen molar-refractivity contribution in [1.82, 2.24) is 10.2 Å². The summed E-state index contributed by atoms with van der Waals surface area (Å²) in [6, 6.07) is 7.45. The predicted octanol–water partition coefficient (Wildman–Crippen LogP) is 2.34. The largest absolute Gasteiger partial charge is 0.314 e. The van der Waals surface area contributed by atoms with E-state index in [-0.39, 0.29) is 0 Å². The second-order valence-electron chi connectivity index (χ2n) is 4.68. The van der Waals surface area contributed by atoms with Gasteiger partial charge in [-0.2, -0.15) is 0 Å². The summed E-state index contributed by atoms with van der Waals surface area (Å²) >= 11 is 3.56. The van der Waals surface area contributed by atoms with Crippen LogP contribution in [0.4, 0.5) is 0 Å². The van der Waals surface area contributed by atoms with Crippen molar-refractivity contribution in [1.29, 1.82) is 0 Å². The third kappa shape index (κ3) is 1.92. The number of benzene rings is 1. The van der Waals surface area contributed by atoms with Gasteiger partial charge in [-0.1, -0.05) is 22.0 Å². The molecule has 1 heterocycles. The first-order valence-corrected chi connectivity index (χ1v) is 6.87. The van der Waals surface area contributed by atoms with Crippen LogP contribution in [0.25, 0.3) is 0 Å². The molecular weight excluding hydrogens is 264 g/mol. The summed E-state index contributed by atoms with van der Waals surface area (Å²) in [6.45, 7) is 4.67. The maximum Gasteiger partial charge on any atom is 0.0355 e. The molecule has 1 atom stereocenters. The minimum atomic E-state index is 0.671. The molecule has 1 N–H and O–H groups in total. The zero-order valence-corrected chi connectivity index (χ0v) is 11.0. The van der Waals surface area contributed by atoms with E-state index in [2.05, 4.69) is 44.3 Å². The summed E-state index contributed by atoms with van der Waals surface area (Å²) in [7, 11) is 0. The number of aryl methyl sites for hydroxylation is 1. The topological polar surface area (TPSA) is 15.3 Å². The lowest BCUT2D eigenvalue weighted by Crippen LogP contribution is -2.44. The van der Waals surface area contributed by atoms with Crippen LogP contribution in [0, 0.1) is 0 Å². The maximum atomic E-state index is 3.56. The van der Waals surface area contributed by atoms with Gasteiger partial charge in [0.2, 0.25) is 0 Å². The molecule has 3 heteroatoms. The average Bonchev–Trinajstić information content (AvgIpc) is 2.73. The summed E-state index contributed by atoms with van der Waals surface area (Å²) in [5, 5.41) is 3.42. The van der Waals surface area contributed by atoms with Gasteiger partial charge in [0.05, 0.1) is 0 Å². The van der Waals surface area contributed by atoms with Gasteiger partial charge in [0.25, 0.3) is 0 Å². The first-order valence-electron chi connectivity index (χ1n) is 6.08. The van der Waals surface area contributed by atoms with Crippen molar-refractivity contribution in [3.8, 4) is 0 Å². The van der Waals surface area contributed by atoms with Crippen molar-refractivity contribution in [2.75, 3.05) is 26.2 Å². The third-order valence-electron chi connectivity index (χ3n) is 3.74. The Morgan fingerprint density at radius 1 is 1.25 bits per heavy atom. The Kier molecular flexibility index (Phi) is 3.01. The fourth-order valence-electron chi connectivity index (χ4n) is 2.94. The standard InChI is InChI=1S/C13H17BrN2/c14-11-2-3-12-10(9-11)1-4-13(12)16-7-5-15-6-8-16/h2-3,9,13,15H,1,4-8H2/t13-/m1/s1. The lowest BCUT2D eigenvalue weighted by atomic mass is 10.1. The van der Waals surface area contributed by atoms with Crippen molar-refractivity contribution in [2.45, 2.75) is 18.9 Å². The zero-order chi connectivity index (χ0) is 11.0. The van der Waals surface area contributed by atoms with Gasteiger partial charge in [0.1, 0.15) is 0 Å². The number of piperazine rings is 1. The van der Waals surface area contributed by atoms with E-state index in [1.165, 1.54) is 36.0 Å². The van der Waals surface area contributed by atoms with Crippen LogP contribution in [0.3, 0.4) is 0 Å². The van der Waals surface area contributed by atoms with Crippen LogP contribution in [0.1, 0.15) is 23.6 Å². The normalized spacial score (nSPS) is 25.7. The van der Waals surface area contributed by atoms with Gasteiger partial charge in [-0.15, -0.1) is 0 Å². The number of rotatable bonds is 1. The fraction of sp³-hybridized carbons (Fsp3) is 0.538. The van der Waals surface area contributed by atoms with Crippen LogP contribution < -0.4 is 5.32 Å². The van der Waals surface area contributed by atoms with Gasteiger partial charge in [0.15, 0.2) is 0 Å². The molecule has 1 aromatic rings. The van der Waals surface area contributed by atoms with E-state index >= 15 is 0 Å². The van der Waals surface area contributed by atoms with Crippen LogP contribution in [0.5, 0.6) is 0 Å². The smallest absolute Gasteiger partial charge is 0.0355 e. The highest BCUT2D eigenvalue weighted by Crippen LogP contribution is 2.36. The van der Waals surface area contributed by atoms with Crippen molar-refractivity contribution >= 4 is 15.9 Å². The summed E-state index contributed by atoms with van der Waals surface area (Å²) in [6.07, 6.45) is 2.54. The minimum Gasteiger partial charge on any atom is -0.314 e. The van der Waals surface area contributed by atoms with Crippen LogP contribution in [-0.4, -0.2) is 31.1 Å². The Hall–Kier alpha value is -0.380. The van der Waals surface area contributed by atoms with Gasteiger partial charge >= 0.3 is 0 Å². The van der Waals surface area contributed by atoms with Crippen molar-refractivity contribution in [2.24, 2.45) is 0 Å². The van der Waals surface area contributed by atoms with Gasteiger partial charge in [-0.25, -0.2) is 0 Å². The molecule has 0 aromatic heterocycles. The molecule has 3 rings (SSSR count). The average molecular weight is 281 g/mol. The number of halogens is 1. The molecule has 16 heavy (non-hydrogen) atoms. The number of nitrogens with zero attached hydrogens (tertiary/aromatic N) is 1. The quantitative estimate of drug-likeness (QED) is 0.850. The van der Waals surface area contributed by atoms with Gasteiger partial charge in [-0.3, -0.25) is 4.90 Å². The molecule has 1 aliphatic heterocycles. The Bertz CT molecular complexity index is 386. The molecule has 1 aliphatic carbocycles. The lowest BCUT2D eigenvalue weighted by Gasteiger charge is -2.33. The number of hydrogen-bond donors (Lipinski definition) is 1. The maximum absolute atomic E-state index is 3.56. The highest BCUT2D eigenvalue weighted by atomic mass is 79.9. The molecule has 0 spiro atoms. The molecule has 0 bridgehead atoms. The summed E-state index contributed by atoms with van der Waals surface area (Å²) in [4.78, 5) is 2.64. The van der Waals surface area contributed by atoms with E-state index < -0.39 is 0 Å². The highest BCUT2D eigenvalue weighted by Gasteiger charge is 2.28. The second-order valence-corrected chi connectivity index (χ2v) is 5.60. The van der Waals surface area contributed by atoms with E-state index in [1.807, 2.05) is 0 Å². The highest BCUT2D eigenvalue weighted by molar-refractivity contribution is 9.10. The monoisotopic (exact) mass is 280 g/mol. The molecule has 0 unspecified atom stereocenters. The third-order valence-corrected chi connectivity index (χ3v) is 4.24. The molecular formula is C13H17BrN2. The summed E-state index contributed by atoms with van der Waals surface area (Å²) < 4.78 is 1.22. The number of fused-ring (bicyclic) bond motifs is 1. The van der Waals surface area contributed by atoms with E-state index in [4.69, 9.17) is 0 Å². The summed E-state index contributed by atoms with van der Waals surface area (Å²) in [5.74, 6) is 0. The summed E-state index contributed by atoms with van der Waals surface area (Å²) in [5.41, 5.74) is 3.10. The Labute approximate surface area is 105 Å². The zero-order valence-electron chi connectivity index (χ0n) is 9.38. The van der Waals surface area contributed by atoms with Gasteiger partial charge in [0, 0.05) is 36.7 Å². The van der Waals surface area contributed by atoms with Crippen LogP contribution in [-0.2, 0) is 6.42 Å². The van der Waals surface area contributed by atoms with E-state index in [0.717, 1.165) is 13.1 Å². The molecule has 1 fully saturated rings. The lowest BCUT2D eigenvalue weighted by molar-refractivity contribution is 0.173. The van der Waals surface area contributed by atoms with Crippen molar-refractivity contribution in [3.63, 3.8) is 0 Å². The van der Waals surface area contributed by atoms with Crippen LogP contribution in [0.15, 0.2) is 22.7 Å². The van der Waals surface area contributed by atoms with Gasteiger partial charge in [-0.05, 0) is 36.1 Å². The minimum absolute atomic E-state index is 0.671. The first-order chi connectivity index (χ1) is 7.84. The predicted molar refractivity (Wildman–Crippen MR) is 69.6 cm³/mol. The Morgan fingerprint density at radius 3 is 2.88 bits per heavy atom. The van der Waals surface area contributed by atoms with E-state index in [1.54, 1.807) is 5.56 Å². The molecule has 2 aliphatic rings. The number of hydrogen-bond acceptors (Lipinski definition) is 2. The fourth-order valence-corrected chi connectivity index (χ4v) is 3.35. The van der Waals surface area contributed by atoms with Crippen molar-refractivity contribution in [3.05, 3.63) is 33.8 Å². The molecule has 0 amide bonds. The molecule has 86 valence electrons. The molecule has 1 aromatic carbocycles. The molecule has 1 saturated heterocycles. The SMILES string of the molecule is Brc1ccc2c(c1)CC[C@H]2N1CCNCC1. The second kappa shape index (κ2) is 4.47. The molecule has 2 nitrogen and oxygen atoms in total. The Morgan fingerprint density at radius 2 is 2.06 bits per heavy atom. The molecule has 0 radical (unpaired) electrons. The van der Waals surface area contributed by atoms with Crippen LogP contribution in [0.2, 0.25) is 0 Å². The van der Waals surface area contributed by atoms with Gasteiger partial charge < -0.3 is 5.32 Å². The molecule has 0 saturated carbocycles. The van der Waals surface area contributed by atoms with Crippen LogP contribution >= 0.6 is 15.9 Å². The Balaban J connectivity index is 1.84. The van der Waals surface area contributed by atoms with E-state index in [9.17, 15) is 0 Å².